The van der Waals surface area contributed by atoms with E-state index in [9.17, 15) is 4.79 Å². The summed E-state index contributed by atoms with van der Waals surface area (Å²) in [6.07, 6.45) is 3.81. The number of hydrogen-bond donors (Lipinski definition) is 2. The lowest BCUT2D eigenvalue weighted by Gasteiger charge is -2.12. The first-order valence-corrected chi connectivity index (χ1v) is 5.62. The average Bonchev–Trinajstić information content (AvgIpc) is 2.73. The maximum absolute atomic E-state index is 10.9. The van der Waals surface area contributed by atoms with E-state index in [1.807, 2.05) is 0 Å². The van der Waals surface area contributed by atoms with Crippen LogP contribution in [0.2, 0.25) is 0 Å². The Morgan fingerprint density at radius 2 is 2.53 bits per heavy atom. The molecule has 2 N–H and O–H groups in total. The summed E-state index contributed by atoms with van der Waals surface area (Å²) in [5.74, 6) is -0.0460. The number of carboxylic acid groups (broad SMARTS) is 1. The molecule has 0 bridgehead atoms. The molecule has 0 spiro atoms. The van der Waals surface area contributed by atoms with Crippen LogP contribution in [0.4, 0.5) is 5.82 Å². The van der Waals surface area contributed by atoms with Crippen molar-refractivity contribution < 1.29 is 9.90 Å². The van der Waals surface area contributed by atoms with Crippen LogP contribution in [0.3, 0.4) is 0 Å². The van der Waals surface area contributed by atoms with E-state index in [1.165, 1.54) is 12.5 Å². The number of aromatic nitrogens is 2. The largest absolute Gasteiger partial charge is 0.477 e. The third kappa shape index (κ3) is 2.91. The second-order valence-corrected chi connectivity index (χ2v) is 4.39. The molecule has 6 nitrogen and oxygen atoms in total. The molecule has 1 atom stereocenters. The van der Waals surface area contributed by atoms with Crippen LogP contribution in [0.25, 0.3) is 0 Å². The van der Waals surface area contributed by atoms with Crippen molar-refractivity contribution in [3.8, 4) is 0 Å². The fourth-order valence-electron chi connectivity index (χ4n) is 2.06. The van der Waals surface area contributed by atoms with E-state index >= 15 is 0 Å². The Morgan fingerprint density at radius 1 is 1.71 bits per heavy atom. The quantitative estimate of drug-likeness (QED) is 0.794. The van der Waals surface area contributed by atoms with E-state index in [1.54, 1.807) is 0 Å². The molecule has 1 fully saturated rings. The molecule has 1 saturated heterocycles. The standard InChI is InChI=1S/C11H16N4O2/c1-15-3-2-8(6-15)4-13-10-9(11(16)17)5-12-7-14-10/h5,7-8H,2-4,6H2,1H3,(H,16,17)(H,12,13,14). The minimum atomic E-state index is -1.00. The van der Waals surface area contributed by atoms with E-state index in [0.29, 0.717) is 11.7 Å². The highest BCUT2D eigenvalue weighted by Crippen LogP contribution is 2.16. The first-order chi connectivity index (χ1) is 8.16. The third-order valence-corrected chi connectivity index (χ3v) is 2.99. The molecular weight excluding hydrogens is 220 g/mol. The highest BCUT2D eigenvalue weighted by molar-refractivity contribution is 5.92. The molecule has 1 unspecified atom stereocenters. The Labute approximate surface area is 99.7 Å². The van der Waals surface area contributed by atoms with Gasteiger partial charge in [-0.15, -0.1) is 0 Å². The Kier molecular flexibility index (Phi) is 3.53. The van der Waals surface area contributed by atoms with Gasteiger partial charge >= 0.3 is 5.97 Å². The van der Waals surface area contributed by atoms with Crippen molar-refractivity contribution in [1.29, 1.82) is 0 Å². The van der Waals surface area contributed by atoms with E-state index in [2.05, 4.69) is 27.2 Å². The molecule has 6 heteroatoms. The van der Waals surface area contributed by atoms with Gasteiger partial charge in [0.05, 0.1) is 0 Å². The van der Waals surface area contributed by atoms with Gasteiger partial charge < -0.3 is 15.3 Å². The van der Waals surface area contributed by atoms with Gasteiger partial charge in [0.25, 0.3) is 0 Å². The predicted octanol–water partition coefficient (Wildman–Crippen LogP) is 0.538. The van der Waals surface area contributed by atoms with Gasteiger partial charge in [-0.05, 0) is 25.9 Å². The predicted molar refractivity (Wildman–Crippen MR) is 63.1 cm³/mol. The summed E-state index contributed by atoms with van der Waals surface area (Å²) in [6, 6.07) is 0. The molecule has 0 saturated carbocycles. The molecule has 0 aliphatic carbocycles. The van der Waals surface area contributed by atoms with Crippen LogP contribution in [0, 0.1) is 5.92 Å². The third-order valence-electron chi connectivity index (χ3n) is 2.99. The number of nitrogens with one attached hydrogen (secondary N) is 1. The molecule has 2 heterocycles. The van der Waals surface area contributed by atoms with Gasteiger partial charge in [0.1, 0.15) is 17.7 Å². The zero-order valence-corrected chi connectivity index (χ0v) is 9.76. The van der Waals surface area contributed by atoms with Gasteiger partial charge in [-0.25, -0.2) is 14.8 Å². The highest BCUT2D eigenvalue weighted by atomic mass is 16.4. The Hall–Kier alpha value is -1.69. The fraction of sp³-hybridized carbons (Fsp3) is 0.545. The summed E-state index contributed by atoms with van der Waals surface area (Å²) in [4.78, 5) is 20.9. The van der Waals surface area contributed by atoms with Crippen LogP contribution in [-0.2, 0) is 0 Å². The van der Waals surface area contributed by atoms with Crippen LogP contribution in [-0.4, -0.2) is 52.6 Å². The topological polar surface area (TPSA) is 78.3 Å². The zero-order valence-electron chi connectivity index (χ0n) is 9.76. The van der Waals surface area contributed by atoms with Gasteiger partial charge in [0.2, 0.25) is 0 Å². The van der Waals surface area contributed by atoms with Crippen molar-refractivity contribution in [2.24, 2.45) is 5.92 Å². The maximum Gasteiger partial charge on any atom is 0.341 e. The van der Waals surface area contributed by atoms with E-state index < -0.39 is 5.97 Å². The van der Waals surface area contributed by atoms with Gasteiger partial charge in [0, 0.05) is 19.3 Å². The van der Waals surface area contributed by atoms with Gasteiger partial charge in [-0.1, -0.05) is 0 Å². The molecule has 1 aliphatic rings. The normalized spacial score (nSPS) is 20.4. The lowest BCUT2D eigenvalue weighted by molar-refractivity contribution is 0.0697. The van der Waals surface area contributed by atoms with Crippen molar-refractivity contribution in [2.45, 2.75) is 6.42 Å². The number of nitrogens with zero attached hydrogens (tertiary/aromatic N) is 3. The number of carbonyl (C=O) groups is 1. The second kappa shape index (κ2) is 5.09. The summed E-state index contributed by atoms with van der Waals surface area (Å²) in [5, 5.41) is 12.1. The second-order valence-electron chi connectivity index (χ2n) is 4.39. The number of aromatic carboxylic acids is 1. The summed E-state index contributed by atoms with van der Waals surface area (Å²) in [7, 11) is 2.09. The van der Waals surface area contributed by atoms with Crippen LogP contribution in [0.1, 0.15) is 16.8 Å². The zero-order chi connectivity index (χ0) is 12.3. The summed E-state index contributed by atoms with van der Waals surface area (Å²) < 4.78 is 0. The SMILES string of the molecule is CN1CCC(CNc2ncncc2C(=O)O)C1. The first kappa shape index (κ1) is 11.8. The summed E-state index contributed by atoms with van der Waals surface area (Å²) in [6.45, 7) is 2.89. The Balaban J connectivity index is 1.97. The fourth-order valence-corrected chi connectivity index (χ4v) is 2.06. The van der Waals surface area contributed by atoms with Crippen LogP contribution in [0.15, 0.2) is 12.5 Å². The molecule has 0 amide bonds. The minimum Gasteiger partial charge on any atom is -0.477 e. The van der Waals surface area contributed by atoms with E-state index in [0.717, 1.165) is 26.1 Å². The monoisotopic (exact) mass is 236 g/mol. The number of hydrogen-bond acceptors (Lipinski definition) is 5. The summed E-state index contributed by atoms with van der Waals surface area (Å²) in [5.41, 5.74) is 0.124. The van der Waals surface area contributed by atoms with Crippen LogP contribution >= 0.6 is 0 Å². The first-order valence-electron chi connectivity index (χ1n) is 5.62. The lowest BCUT2D eigenvalue weighted by Crippen LogP contribution is -2.20. The van der Waals surface area contributed by atoms with E-state index in [-0.39, 0.29) is 5.56 Å². The number of anilines is 1. The van der Waals surface area contributed by atoms with Crippen molar-refractivity contribution in [3.05, 3.63) is 18.1 Å². The molecule has 0 radical (unpaired) electrons. The Bertz CT molecular complexity index is 410. The number of likely N-dealkylation sites (tertiary alicyclic amines) is 1. The maximum atomic E-state index is 10.9. The molecule has 92 valence electrons. The van der Waals surface area contributed by atoms with Gasteiger partial charge in [0.15, 0.2) is 0 Å². The van der Waals surface area contributed by atoms with Crippen molar-refractivity contribution in [3.63, 3.8) is 0 Å². The minimum absolute atomic E-state index is 0.124. The summed E-state index contributed by atoms with van der Waals surface area (Å²) >= 11 is 0. The number of carboxylic acids is 1. The molecule has 2 rings (SSSR count). The molecule has 1 aromatic heterocycles. The molecule has 0 aromatic carbocycles. The van der Waals surface area contributed by atoms with E-state index in [4.69, 9.17) is 5.11 Å². The highest BCUT2D eigenvalue weighted by Gasteiger charge is 2.20. The molecule has 17 heavy (non-hydrogen) atoms. The lowest BCUT2D eigenvalue weighted by atomic mass is 10.1. The number of rotatable bonds is 4. The van der Waals surface area contributed by atoms with Crippen LogP contribution in [0.5, 0.6) is 0 Å². The van der Waals surface area contributed by atoms with Crippen LogP contribution < -0.4 is 5.32 Å². The van der Waals surface area contributed by atoms with Crippen molar-refractivity contribution in [1.82, 2.24) is 14.9 Å². The molecule has 1 aromatic rings. The smallest absolute Gasteiger partial charge is 0.341 e. The van der Waals surface area contributed by atoms with Gasteiger partial charge in [-0.2, -0.15) is 0 Å². The Morgan fingerprint density at radius 3 is 3.18 bits per heavy atom. The van der Waals surface area contributed by atoms with Crippen molar-refractivity contribution in [2.75, 3.05) is 32.0 Å². The molecule has 1 aliphatic heterocycles. The average molecular weight is 236 g/mol. The van der Waals surface area contributed by atoms with Gasteiger partial charge in [-0.3, -0.25) is 0 Å². The molecular formula is C11H16N4O2. The van der Waals surface area contributed by atoms with Crippen molar-refractivity contribution >= 4 is 11.8 Å².